The van der Waals surface area contributed by atoms with Crippen LogP contribution in [0.15, 0.2) is 28.7 Å². The van der Waals surface area contributed by atoms with Gasteiger partial charge in [-0.15, -0.1) is 0 Å². The van der Waals surface area contributed by atoms with Crippen molar-refractivity contribution in [1.29, 1.82) is 0 Å². The van der Waals surface area contributed by atoms with Crippen molar-refractivity contribution in [1.82, 2.24) is 5.32 Å². The molecule has 0 unspecified atom stereocenters. The number of benzene rings is 1. The molecule has 5 nitrogen and oxygen atoms in total. The fourth-order valence-electron chi connectivity index (χ4n) is 1.51. The lowest BCUT2D eigenvalue weighted by Crippen LogP contribution is -2.25. The molecule has 110 valence electrons. The number of rotatable bonds is 9. The summed E-state index contributed by atoms with van der Waals surface area (Å²) < 4.78 is 6.53. The van der Waals surface area contributed by atoms with E-state index in [2.05, 4.69) is 21.2 Å². The van der Waals surface area contributed by atoms with Gasteiger partial charge in [0.15, 0.2) is 0 Å². The summed E-state index contributed by atoms with van der Waals surface area (Å²) in [5, 5.41) is 11.0. The Hall–Kier alpha value is -1.56. The summed E-state index contributed by atoms with van der Waals surface area (Å²) in [4.78, 5) is 21.6. The van der Waals surface area contributed by atoms with Gasteiger partial charge in [0.05, 0.1) is 13.0 Å². The molecule has 0 bridgehead atoms. The number of carbonyl (C=O) groups excluding carboxylic acids is 1. The molecule has 1 aromatic carbocycles. The van der Waals surface area contributed by atoms with Crippen LogP contribution in [0.5, 0.6) is 5.75 Å². The number of halogens is 1. The highest BCUT2D eigenvalue weighted by molar-refractivity contribution is 9.10. The molecule has 0 aliphatic carbocycles. The molecule has 6 heteroatoms. The topological polar surface area (TPSA) is 75.6 Å². The summed E-state index contributed by atoms with van der Waals surface area (Å²) >= 11 is 3.35. The lowest BCUT2D eigenvalue weighted by Gasteiger charge is -2.06. The van der Waals surface area contributed by atoms with Crippen LogP contribution < -0.4 is 10.1 Å². The van der Waals surface area contributed by atoms with Crippen molar-refractivity contribution < 1.29 is 19.4 Å². The predicted octanol–water partition coefficient (Wildman–Crippen LogP) is 2.59. The smallest absolute Gasteiger partial charge is 0.305 e. The number of unbranched alkanes of at least 4 members (excludes halogenated alkanes) is 1. The summed E-state index contributed by atoms with van der Waals surface area (Å²) in [6, 6.07) is 7.57. The third kappa shape index (κ3) is 7.78. The molecule has 1 rings (SSSR count). The maximum atomic E-state index is 11.3. The second-order valence-electron chi connectivity index (χ2n) is 4.25. The van der Waals surface area contributed by atoms with E-state index in [1.165, 1.54) is 0 Å². The lowest BCUT2D eigenvalue weighted by molar-refractivity contribution is -0.136. The normalized spacial score (nSPS) is 10.1. The molecule has 0 saturated heterocycles. The number of aliphatic carboxylic acids is 1. The zero-order valence-corrected chi connectivity index (χ0v) is 12.7. The van der Waals surface area contributed by atoms with Crippen LogP contribution in [0.25, 0.3) is 0 Å². The highest BCUT2D eigenvalue weighted by atomic mass is 79.9. The van der Waals surface area contributed by atoms with E-state index in [9.17, 15) is 9.59 Å². The van der Waals surface area contributed by atoms with Crippen molar-refractivity contribution in [3.63, 3.8) is 0 Å². The van der Waals surface area contributed by atoms with Gasteiger partial charge in [-0.2, -0.15) is 0 Å². The van der Waals surface area contributed by atoms with Crippen LogP contribution in [0, 0.1) is 0 Å². The molecule has 0 radical (unpaired) electrons. The first-order chi connectivity index (χ1) is 9.58. The van der Waals surface area contributed by atoms with Crippen LogP contribution in [0.1, 0.15) is 25.7 Å². The minimum atomic E-state index is -0.909. The van der Waals surface area contributed by atoms with Crippen molar-refractivity contribution in [2.45, 2.75) is 25.7 Å². The Morgan fingerprint density at radius 3 is 2.50 bits per heavy atom. The van der Waals surface area contributed by atoms with Gasteiger partial charge in [0, 0.05) is 17.4 Å². The maximum absolute atomic E-state index is 11.3. The van der Waals surface area contributed by atoms with E-state index in [1.807, 2.05) is 24.3 Å². The van der Waals surface area contributed by atoms with Crippen LogP contribution in [0.4, 0.5) is 0 Å². The SMILES string of the molecule is O=C(O)CCNC(=O)CCCCOc1ccc(Br)cc1. The van der Waals surface area contributed by atoms with E-state index < -0.39 is 5.97 Å². The average molecular weight is 344 g/mol. The van der Waals surface area contributed by atoms with Gasteiger partial charge in [0.25, 0.3) is 0 Å². The van der Waals surface area contributed by atoms with Gasteiger partial charge < -0.3 is 15.2 Å². The molecule has 0 aromatic heterocycles. The average Bonchev–Trinajstić information content (AvgIpc) is 2.40. The van der Waals surface area contributed by atoms with Gasteiger partial charge in [-0.1, -0.05) is 15.9 Å². The molecule has 1 aromatic rings. The predicted molar refractivity (Wildman–Crippen MR) is 78.8 cm³/mol. The fraction of sp³-hybridized carbons (Fsp3) is 0.429. The van der Waals surface area contributed by atoms with Gasteiger partial charge in [0.1, 0.15) is 5.75 Å². The molecule has 1 amide bonds. The Bertz CT molecular complexity index is 433. The highest BCUT2D eigenvalue weighted by Gasteiger charge is 2.02. The number of carbonyl (C=O) groups is 2. The molecule has 2 N–H and O–H groups in total. The summed E-state index contributed by atoms with van der Waals surface area (Å²) in [6.45, 7) is 0.744. The quantitative estimate of drug-likeness (QED) is 0.675. The largest absolute Gasteiger partial charge is 0.494 e. The Morgan fingerprint density at radius 1 is 1.15 bits per heavy atom. The zero-order chi connectivity index (χ0) is 14.8. The number of carboxylic acids is 1. The van der Waals surface area contributed by atoms with E-state index in [4.69, 9.17) is 9.84 Å². The monoisotopic (exact) mass is 343 g/mol. The number of ether oxygens (including phenoxy) is 1. The first kappa shape index (κ1) is 16.5. The molecule has 20 heavy (non-hydrogen) atoms. The molecule has 0 saturated carbocycles. The Kier molecular flexibility index (Phi) is 7.72. The summed E-state index contributed by atoms with van der Waals surface area (Å²) in [7, 11) is 0. The zero-order valence-electron chi connectivity index (χ0n) is 11.1. The molecule has 0 fully saturated rings. The van der Waals surface area contributed by atoms with E-state index in [0.717, 1.165) is 23.1 Å². The number of hydrogen-bond donors (Lipinski definition) is 2. The van der Waals surface area contributed by atoms with Crippen molar-refractivity contribution >= 4 is 27.8 Å². The molecular weight excluding hydrogens is 326 g/mol. The third-order valence-electron chi connectivity index (χ3n) is 2.54. The summed E-state index contributed by atoms with van der Waals surface area (Å²) in [6.07, 6.45) is 1.85. The first-order valence-corrected chi connectivity index (χ1v) is 7.24. The number of nitrogens with one attached hydrogen (secondary N) is 1. The van der Waals surface area contributed by atoms with E-state index in [-0.39, 0.29) is 18.9 Å². The van der Waals surface area contributed by atoms with Crippen LogP contribution in [-0.2, 0) is 9.59 Å². The third-order valence-corrected chi connectivity index (χ3v) is 3.07. The first-order valence-electron chi connectivity index (χ1n) is 6.45. The summed E-state index contributed by atoms with van der Waals surface area (Å²) in [5.41, 5.74) is 0. The lowest BCUT2D eigenvalue weighted by atomic mass is 10.2. The summed E-state index contributed by atoms with van der Waals surface area (Å²) in [5.74, 6) is -0.220. The molecule has 0 aliphatic heterocycles. The van der Waals surface area contributed by atoms with Crippen molar-refractivity contribution in [3.05, 3.63) is 28.7 Å². The van der Waals surface area contributed by atoms with E-state index in [1.54, 1.807) is 0 Å². The Labute approximate surface area is 126 Å². The van der Waals surface area contributed by atoms with Gasteiger partial charge in [0.2, 0.25) is 5.91 Å². The van der Waals surface area contributed by atoms with Crippen LogP contribution in [0.2, 0.25) is 0 Å². The van der Waals surface area contributed by atoms with Gasteiger partial charge >= 0.3 is 5.97 Å². The van der Waals surface area contributed by atoms with Crippen molar-refractivity contribution in [2.75, 3.05) is 13.2 Å². The van der Waals surface area contributed by atoms with Crippen LogP contribution >= 0.6 is 15.9 Å². The molecule has 0 spiro atoms. The van der Waals surface area contributed by atoms with Crippen molar-refractivity contribution in [2.24, 2.45) is 0 Å². The van der Waals surface area contributed by atoms with Crippen molar-refractivity contribution in [3.8, 4) is 5.75 Å². The molecular formula is C14H18BrNO4. The van der Waals surface area contributed by atoms with E-state index in [0.29, 0.717) is 13.0 Å². The van der Waals surface area contributed by atoms with Crippen LogP contribution in [0.3, 0.4) is 0 Å². The minimum Gasteiger partial charge on any atom is -0.494 e. The van der Waals surface area contributed by atoms with E-state index >= 15 is 0 Å². The number of carboxylic acid groups (broad SMARTS) is 1. The second-order valence-corrected chi connectivity index (χ2v) is 5.17. The Morgan fingerprint density at radius 2 is 1.85 bits per heavy atom. The fourth-order valence-corrected chi connectivity index (χ4v) is 1.77. The minimum absolute atomic E-state index is 0.0432. The number of hydrogen-bond acceptors (Lipinski definition) is 3. The Balaban J connectivity index is 2.02. The molecule has 0 atom stereocenters. The standard InChI is InChI=1S/C14H18BrNO4/c15-11-4-6-12(7-5-11)20-10-2-1-3-13(17)16-9-8-14(18)19/h4-7H,1-3,8-10H2,(H,16,17)(H,18,19). The second kappa shape index (κ2) is 9.36. The van der Waals surface area contributed by atoms with Gasteiger partial charge in [-0.3, -0.25) is 9.59 Å². The van der Waals surface area contributed by atoms with Crippen LogP contribution in [-0.4, -0.2) is 30.1 Å². The molecule has 0 aliphatic rings. The maximum Gasteiger partial charge on any atom is 0.305 e. The number of amides is 1. The highest BCUT2D eigenvalue weighted by Crippen LogP contribution is 2.16. The van der Waals surface area contributed by atoms with Gasteiger partial charge in [-0.25, -0.2) is 0 Å². The molecule has 0 heterocycles. The van der Waals surface area contributed by atoms with Gasteiger partial charge in [-0.05, 0) is 37.1 Å².